The van der Waals surface area contributed by atoms with E-state index < -0.39 is 21.7 Å². The highest BCUT2D eigenvalue weighted by Crippen LogP contribution is 2.24. The Morgan fingerprint density at radius 2 is 1.75 bits per heavy atom. The third-order valence-corrected chi connectivity index (χ3v) is 4.17. The molecule has 86 valence electrons. The Morgan fingerprint density at radius 3 is 2.19 bits per heavy atom. The molecule has 0 atom stereocenters. The minimum atomic E-state index is -3.69. The summed E-state index contributed by atoms with van der Waals surface area (Å²) in [6.45, 7) is 0.539. The van der Waals surface area contributed by atoms with E-state index in [4.69, 9.17) is 5.11 Å². The standard InChI is InChI=1S/C10H11NO4S/c12-10(13)7-16(14,15)11-5-8-3-1-2-4-9(8)6-11/h1-4H,5-7H2,(H,12,13). The van der Waals surface area contributed by atoms with Crippen molar-refractivity contribution in [1.29, 1.82) is 0 Å². The summed E-state index contributed by atoms with van der Waals surface area (Å²) < 4.78 is 24.5. The first-order valence-corrected chi connectivity index (χ1v) is 6.36. The molecule has 0 fully saturated rings. The second kappa shape index (κ2) is 3.88. The lowest BCUT2D eigenvalue weighted by atomic mass is 10.1. The van der Waals surface area contributed by atoms with Gasteiger partial charge in [-0.05, 0) is 11.1 Å². The highest BCUT2D eigenvalue weighted by atomic mass is 32.2. The van der Waals surface area contributed by atoms with Crippen LogP contribution in [-0.2, 0) is 27.9 Å². The largest absolute Gasteiger partial charge is 0.480 e. The summed E-state index contributed by atoms with van der Waals surface area (Å²) in [5, 5.41) is 8.52. The zero-order valence-electron chi connectivity index (χ0n) is 8.46. The van der Waals surface area contributed by atoms with E-state index in [1.165, 1.54) is 4.31 Å². The van der Waals surface area contributed by atoms with Crippen LogP contribution < -0.4 is 0 Å². The molecular weight excluding hydrogens is 230 g/mol. The van der Waals surface area contributed by atoms with Gasteiger partial charge in [-0.1, -0.05) is 24.3 Å². The van der Waals surface area contributed by atoms with Crippen LogP contribution in [0.15, 0.2) is 24.3 Å². The Balaban J connectivity index is 2.21. The second-order valence-corrected chi connectivity index (χ2v) is 5.66. The molecule has 1 aliphatic rings. The molecule has 0 aromatic heterocycles. The van der Waals surface area contributed by atoms with Crippen molar-refractivity contribution in [2.75, 3.05) is 5.75 Å². The molecule has 0 radical (unpaired) electrons. The van der Waals surface area contributed by atoms with E-state index in [0.717, 1.165) is 11.1 Å². The summed E-state index contributed by atoms with van der Waals surface area (Å²) in [7, 11) is -3.69. The molecule has 0 aliphatic carbocycles. The van der Waals surface area contributed by atoms with Crippen LogP contribution in [0.2, 0.25) is 0 Å². The van der Waals surface area contributed by atoms with Gasteiger partial charge in [0.15, 0.2) is 5.75 Å². The molecule has 1 aromatic carbocycles. The lowest BCUT2D eigenvalue weighted by Gasteiger charge is -2.13. The Kier molecular flexibility index (Phi) is 2.69. The molecular formula is C10H11NO4S. The van der Waals surface area contributed by atoms with Crippen LogP contribution in [-0.4, -0.2) is 29.6 Å². The Hall–Kier alpha value is -1.40. The number of aliphatic carboxylic acids is 1. The summed E-state index contributed by atoms with van der Waals surface area (Å²) in [5.41, 5.74) is 1.88. The van der Waals surface area contributed by atoms with Gasteiger partial charge < -0.3 is 5.11 Å². The van der Waals surface area contributed by atoms with Crippen molar-refractivity contribution in [2.45, 2.75) is 13.1 Å². The fourth-order valence-corrected chi connectivity index (χ4v) is 2.91. The fourth-order valence-electron chi connectivity index (χ4n) is 1.75. The number of carboxylic acid groups (broad SMARTS) is 1. The molecule has 1 N–H and O–H groups in total. The average Bonchev–Trinajstić information content (AvgIpc) is 2.59. The van der Waals surface area contributed by atoms with Crippen LogP contribution in [0.5, 0.6) is 0 Å². The van der Waals surface area contributed by atoms with Gasteiger partial charge in [-0.15, -0.1) is 0 Å². The third-order valence-electron chi connectivity index (χ3n) is 2.51. The first kappa shape index (κ1) is 11.1. The van der Waals surface area contributed by atoms with Crippen molar-refractivity contribution < 1.29 is 18.3 Å². The van der Waals surface area contributed by atoms with Gasteiger partial charge in [-0.25, -0.2) is 8.42 Å². The van der Waals surface area contributed by atoms with Crippen LogP contribution in [0.1, 0.15) is 11.1 Å². The fraction of sp³-hybridized carbons (Fsp3) is 0.300. The Morgan fingerprint density at radius 1 is 1.25 bits per heavy atom. The van der Waals surface area contributed by atoms with Crippen molar-refractivity contribution >= 4 is 16.0 Å². The van der Waals surface area contributed by atoms with E-state index >= 15 is 0 Å². The molecule has 1 aromatic rings. The number of sulfonamides is 1. The molecule has 0 amide bonds. The zero-order valence-corrected chi connectivity index (χ0v) is 9.27. The Bertz CT molecular complexity index is 498. The molecule has 5 nitrogen and oxygen atoms in total. The first-order chi connectivity index (χ1) is 7.49. The maximum Gasteiger partial charge on any atom is 0.320 e. The van der Waals surface area contributed by atoms with E-state index in [9.17, 15) is 13.2 Å². The van der Waals surface area contributed by atoms with E-state index in [2.05, 4.69) is 0 Å². The van der Waals surface area contributed by atoms with Gasteiger partial charge >= 0.3 is 5.97 Å². The number of fused-ring (bicyclic) bond motifs is 1. The van der Waals surface area contributed by atoms with Gasteiger partial charge in [0.05, 0.1) is 0 Å². The van der Waals surface area contributed by atoms with Crippen LogP contribution in [0.4, 0.5) is 0 Å². The number of hydrogen-bond acceptors (Lipinski definition) is 3. The van der Waals surface area contributed by atoms with Crippen molar-refractivity contribution in [3.63, 3.8) is 0 Å². The summed E-state index contributed by atoms with van der Waals surface area (Å²) in [4.78, 5) is 10.4. The molecule has 0 spiro atoms. The highest BCUT2D eigenvalue weighted by Gasteiger charge is 2.30. The van der Waals surface area contributed by atoms with Gasteiger partial charge in [-0.2, -0.15) is 4.31 Å². The SMILES string of the molecule is O=C(O)CS(=O)(=O)N1Cc2ccccc2C1. The predicted octanol–water partition coefficient (Wildman–Crippen LogP) is 0.417. The third kappa shape index (κ3) is 2.07. The van der Waals surface area contributed by atoms with Crippen LogP contribution >= 0.6 is 0 Å². The van der Waals surface area contributed by atoms with Gasteiger partial charge in [0.2, 0.25) is 10.0 Å². The quantitative estimate of drug-likeness (QED) is 0.832. The predicted molar refractivity (Wildman–Crippen MR) is 57.1 cm³/mol. The van der Waals surface area contributed by atoms with Crippen molar-refractivity contribution in [3.05, 3.63) is 35.4 Å². The number of carbonyl (C=O) groups is 1. The van der Waals surface area contributed by atoms with E-state index in [1.54, 1.807) is 0 Å². The molecule has 16 heavy (non-hydrogen) atoms. The van der Waals surface area contributed by atoms with E-state index in [0.29, 0.717) is 0 Å². The zero-order chi connectivity index (χ0) is 11.8. The molecule has 0 bridgehead atoms. The maximum absolute atomic E-state index is 11.7. The van der Waals surface area contributed by atoms with Gasteiger partial charge in [0.25, 0.3) is 0 Å². The Labute approximate surface area is 93.4 Å². The van der Waals surface area contributed by atoms with Crippen LogP contribution in [0.25, 0.3) is 0 Å². The molecule has 1 aliphatic heterocycles. The lowest BCUT2D eigenvalue weighted by molar-refractivity contribution is -0.134. The maximum atomic E-state index is 11.7. The van der Waals surface area contributed by atoms with Crippen molar-refractivity contribution in [3.8, 4) is 0 Å². The molecule has 2 rings (SSSR count). The minimum absolute atomic E-state index is 0.270. The molecule has 6 heteroatoms. The average molecular weight is 241 g/mol. The monoisotopic (exact) mass is 241 g/mol. The minimum Gasteiger partial charge on any atom is -0.480 e. The number of carboxylic acids is 1. The number of nitrogens with zero attached hydrogens (tertiary/aromatic N) is 1. The molecule has 0 saturated heterocycles. The van der Waals surface area contributed by atoms with E-state index in [1.807, 2.05) is 24.3 Å². The summed E-state index contributed by atoms with van der Waals surface area (Å²) in [5.74, 6) is -2.17. The van der Waals surface area contributed by atoms with Crippen LogP contribution in [0, 0.1) is 0 Å². The first-order valence-electron chi connectivity index (χ1n) is 4.75. The van der Waals surface area contributed by atoms with Gasteiger partial charge in [0.1, 0.15) is 0 Å². The lowest BCUT2D eigenvalue weighted by Crippen LogP contribution is -2.31. The number of hydrogen-bond donors (Lipinski definition) is 1. The summed E-state index contributed by atoms with van der Waals surface area (Å²) in [6, 6.07) is 7.38. The molecule has 0 saturated carbocycles. The van der Waals surface area contributed by atoms with Crippen molar-refractivity contribution in [2.24, 2.45) is 0 Å². The highest BCUT2D eigenvalue weighted by molar-refractivity contribution is 7.89. The van der Waals surface area contributed by atoms with Crippen LogP contribution in [0.3, 0.4) is 0 Å². The summed E-state index contributed by atoms with van der Waals surface area (Å²) in [6.07, 6.45) is 0. The molecule has 0 unspecified atom stereocenters. The molecule has 1 heterocycles. The number of benzene rings is 1. The normalized spacial score (nSPS) is 16.0. The number of rotatable bonds is 3. The van der Waals surface area contributed by atoms with E-state index in [-0.39, 0.29) is 13.1 Å². The second-order valence-electron chi connectivity index (χ2n) is 3.69. The smallest absolute Gasteiger partial charge is 0.320 e. The van der Waals surface area contributed by atoms with Gasteiger partial charge in [-0.3, -0.25) is 4.79 Å². The van der Waals surface area contributed by atoms with Gasteiger partial charge in [0, 0.05) is 13.1 Å². The summed E-state index contributed by atoms with van der Waals surface area (Å²) >= 11 is 0. The van der Waals surface area contributed by atoms with Crippen molar-refractivity contribution in [1.82, 2.24) is 4.31 Å². The topological polar surface area (TPSA) is 74.7 Å².